The van der Waals surface area contributed by atoms with Gasteiger partial charge in [-0.3, -0.25) is 9.59 Å². The molecule has 0 heterocycles. The van der Waals surface area contributed by atoms with Crippen molar-refractivity contribution in [1.29, 1.82) is 0 Å². The summed E-state index contributed by atoms with van der Waals surface area (Å²) in [6.45, 7) is 0.208. The Morgan fingerprint density at radius 1 is 1.44 bits per heavy atom. The van der Waals surface area contributed by atoms with Crippen LogP contribution in [0.3, 0.4) is 0 Å². The number of likely N-dealkylation sites (N-methyl/N-ethyl adjacent to an activating group) is 1. The Bertz CT molecular complexity index is 407. The predicted molar refractivity (Wildman–Crippen MR) is 53.8 cm³/mol. The van der Waals surface area contributed by atoms with Crippen LogP contribution in [0.1, 0.15) is 5.56 Å². The number of halogens is 2. The Labute approximate surface area is 91.7 Å². The van der Waals surface area contributed by atoms with Gasteiger partial charge in [-0.1, -0.05) is 6.07 Å². The molecule has 0 N–H and O–H groups in total. The highest BCUT2D eigenvalue weighted by atomic mass is 19.1. The van der Waals surface area contributed by atoms with E-state index in [1.807, 2.05) is 0 Å². The molecule has 0 aliphatic carbocycles. The molecule has 0 aliphatic heterocycles. The summed E-state index contributed by atoms with van der Waals surface area (Å²) in [5, 5.41) is 0. The summed E-state index contributed by atoms with van der Waals surface area (Å²) in [6, 6.07) is 3.26. The van der Waals surface area contributed by atoms with Gasteiger partial charge >= 0.3 is 0 Å². The van der Waals surface area contributed by atoms with Crippen molar-refractivity contribution in [2.24, 2.45) is 0 Å². The second-order valence-corrected chi connectivity index (χ2v) is 3.36. The first-order valence-electron chi connectivity index (χ1n) is 4.69. The lowest BCUT2D eigenvalue weighted by Gasteiger charge is -2.13. The maximum atomic E-state index is 13.2. The third-order valence-corrected chi connectivity index (χ3v) is 2.21. The summed E-state index contributed by atoms with van der Waals surface area (Å²) in [7, 11) is 1.44. The highest BCUT2D eigenvalue weighted by Gasteiger charge is 2.09. The fourth-order valence-electron chi connectivity index (χ4n) is 1.21. The molecule has 0 saturated heterocycles. The molecule has 0 saturated carbocycles. The molecular weight excluding hydrogens is 216 g/mol. The van der Waals surface area contributed by atoms with Crippen LogP contribution < -0.4 is 0 Å². The van der Waals surface area contributed by atoms with Crippen LogP contribution in [0.5, 0.6) is 0 Å². The summed E-state index contributed by atoms with van der Waals surface area (Å²) in [5.41, 5.74) is 0.312. The molecule has 0 radical (unpaired) electrons. The van der Waals surface area contributed by atoms with E-state index in [1.165, 1.54) is 18.0 Å². The monoisotopic (exact) mass is 227 g/mol. The lowest BCUT2D eigenvalue weighted by atomic mass is 10.1. The van der Waals surface area contributed by atoms with Gasteiger partial charge in [0.2, 0.25) is 6.29 Å². The Morgan fingerprint density at radius 3 is 2.69 bits per heavy atom. The number of hydrogen-bond acceptors (Lipinski definition) is 2. The highest BCUT2D eigenvalue weighted by Crippen LogP contribution is 2.10. The van der Waals surface area contributed by atoms with Gasteiger partial charge < -0.3 is 4.90 Å². The minimum atomic E-state index is -0.664. The number of amides is 1. The summed E-state index contributed by atoms with van der Waals surface area (Å²) in [5.74, 6) is -1.95. The molecule has 16 heavy (non-hydrogen) atoms. The van der Waals surface area contributed by atoms with Crippen LogP contribution in [-0.2, 0) is 16.0 Å². The average molecular weight is 227 g/mol. The van der Waals surface area contributed by atoms with Crippen LogP contribution in [0.15, 0.2) is 18.2 Å². The molecule has 0 atom stereocenters. The number of carbonyl (C=O) groups is 2. The third-order valence-electron chi connectivity index (χ3n) is 2.21. The molecule has 0 aromatic heterocycles. The number of rotatable bonds is 4. The number of benzene rings is 1. The molecule has 1 aromatic rings. The van der Waals surface area contributed by atoms with Crippen molar-refractivity contribution in [1.82, 2.24) is 4.90 Å². The predicted octanol–water partition coefficient (Wildman–Crippen LogP) is 1.16. The molecule has 1 aromatic carbocycles. The van der Waals surface area contributed by atoms with E-state index in [-0.39, 0.29) is 19.3 Å². The third kappa shape index (κ3) is 3.12. The van der Waals surface area contributed by atoms with Gasteiger partial charge in [-0.15, -0.1) is 0 Å². The van der Waals surface area contributed by atoms with Crippen LogP contribution in [0.2, 0.25) is 0 Å². The summed E-state index contributed by atoms with van der Waals surface area (Å²) < 4.78 is 25.7. The van der Waals surface area contributed by atoms with Crippen LogP contribution in [0.4, 0.5) is 8.78 Å². The van der Waals surface area contributed by atoms with E-state index in [9.17, 15) is 18.4 Å². The van der Waals surface area contributed by atoms with Crippen LogP contribution in [-0.4, -0.2) is 30.7 Å². The Hall–Kier alpha value is -1.78. The first-order chi connectivity index (χ1) is 7.54. The molecule has 0 unspecified atom stereocenters. The van der Waals surface area contributed by atoms with Crippen molar-refractivity contribution in [3.63, 3.8) is 0 Å². The van der Waals surface area contributed by atoms with Gasteiger partial charge in [-0.2, -0.15) is 0 Å². The van der Waals surface area contributed by atoms with Crippen molar-refractivity contribution in [2.75, 3.05) is 13.6 Å². The molecule has 3 nitrogen and oxygen atoms in total. The Kier molecular flexibility index (Phi) is 4.10. The molecule has 0 bridgehead atoms. The molecule has 0 spiro atoms. The van der Waals surface area contributed by atoms with Gasteiger partial charge in [0.05, 0.1) is 0 Å². The van der Waals surface area contributed by atoms with Crippen molar-refractivity contribution >= 4 is 12.2 Å². The van der Waals surface area contributed by atoms with Crippen LogP contribution in [0.25, 0.3) is 0 Å². The van der Waals surface area contributed by atoms with Gasteiger partial charge in [-0.25, -0.2) is 8.78 Å². The SMILES string of the molecule is CN(CCc1ccc(F)cc1F)C(=O)C=O. The summed E-state index contributed by atoms with van der Waals surface area (Å²) >= 11 is 0. The fourth-order valence-corrected chi connectivity index (χ4v) is 1.21. The van der Waals surface area contributed by atoms with Gasteiger partial charge in [0, 0.05) is 19.7 Å². The van der Waals surface area contributed by atoms with E-state index < -0.39 is 17.5 Å². The molecule has 1 amide bonds. The van der Waals surface area contributed by atoms with Crippen LogP contribution >= 0.6 is 0 Å². The molecule has 86 valence electrons. The zero-order chi connectivity index (χ0) is 12.1. The van der Waals surface area contributed by atoms with E-state index in [2.05, 4.69) is 0 Å². The van der Waals surface area contributed by atoms with E-state index in [0.717, 1.165) is 12.1 Å². The van der Waals surface area contributed by atoms with E-state index in [4.69, 9.17) is 0 Å². The van der Waals surface area contributed by atoms with E-state index in [0.29, 0.717) is 5.56 Å². The minimum Gasteiger partial charge on any atom is -0.339 e. The van der Waals surface area contributed by atoms with Gasteiger partial charge in [-0.05, 0) is 18.1 Å². The highest BCUT2D eigenvalue weighted by molar-refractivity contribution is 6.23. The van der Waals surface area contributed by atoms with Crippen molar-refractivity contribution in [3.05, 3.63) is 35.4 Å². The number of carbonyl (C=O) groups excluding carboxylic acids is 2. The number of nitrogens with zero attached hydrogens (tertiary/aromatic N) is 1. The quantitative estimate of drug-likeness (QED) is 0.572. The maximum absolute atomic E-state index is 13.2. The van der Waals surface area contributed by atoms with Gasteiger partial charge in [0.1, 0.15) is 11.6 Å². The van der Waals surface area contributed by atoms with E-state index in [1.54, 1.807) is 0 Å². The topological polar surface area (TPSA) is 37.4 Å². The first-order valence-corrected chi connectivity index (χ1v) is 4.69. The molecule has 1 rings (SSSR count). The summed E-state index contributed by atoms with van der Waals surface area (Å²) in [4.78, 5) is 22.2. The van der Waals surface area contributed by atoms with Gasteiger partial charge in [0.25, 0.3) is 5.91 Å². The average Bonchev–Trinajstić information content (AvgIpc) is 2.26. The van der Waals surface area contributed by atoms with Crippen molar-refractivity contribution < 1.29 is 18.4 Å². The fraction of sp³-hybridized carbons (Fsp3) is 0.273. The van der Waals surface area contributed by atoms with Crippen LogP contribution in [0, 0.1) is 11.6 Å². The zero-order valence-corrected chi connectivity index (χ0v) is 8.74. The standard InChI is InChI=1S/C11H11F2NO2/c1-14(11(16)7-15)5-4-8-2-3-9(12)6-10(8)13/h2-3,6-7H,4-5H2,1H3. The second-order valence-electron chi connectivity index (χ2n) is 3.36. The number of hydrogen-bond donors (Lipinski definition) is 0. The first kappa shape index (κ1) is 12.3. The normalized spacial score (nSPS) is 9.94. The number of aldehydes is 1. The summed E-state index contributed by atoms with van der Waals surface area (Å²) in [6.07, 6.45) is 0.434. The zero-order valence-electron chi connectivity index (χ0n) is 8.74. The molecular formula is C11H11F2NO2. The van der Waals surface area contributed by atoms with Crippen molar-refractivity contribution in [2.45, 2.75) is 6.42 Å². The Balaban J connectivity index is 2.61. The minimum absolute atomic E-state index is 0.195. The lowest BCUT2D eigenvalue weighted by Crippen LogP contribution is -2.29. The largest absolute Gasteiger partial charge is 0.339 e. The Morgan fingerprint density at radius 2 is 2.12 bits per heavy atom. The maximum Gasteiger partial charge on any atom is 0.286 e. The lowest BCUT2D eigenvalue weighted by molar-refractivity contribution is -0.137. The molecule has 0 fully saturated rings. The molecule has 0 aliphatic rings. The van der Waals surface area contributed by atoms with Gasteiger partial charge in [0.15, 0.2) is 0 Å². The van der Waals surface area contributed by atoms with Crippen molar-refractivity contribution in [3.8, 4) is 0 Å². The second kappa shape index (κ2) is 5.34. The molecule has 5 heteroatoms. The smallest absolute Gasteiger partial charge is 0.286 e. The van der Waals surface area contributed by atoms with E-state index >= 15 is 0 Å².